The summed E-state index contributed by atoms with van der Waals surface area (Å²) < 4.78 is 5.38. The van der Waals surface area contributed by atoms with E-state index in [2.05, 4.69) is 6.92 Å². The first-order valence-electron chi connectivity index (χ1n) is 10.3. The van der Waals surface area contributed by atoms with Gasteiger partial charge in [0.1, 0.15) is 0 Å². The van der Waals surface area contributed by atoms with Crippen LogP contribution < -0.4 is 0 Å². The molecule has 1 radical (unpaired) electrons. The zero-order valence-corrected chi connectivity index (χ0v) is 15.3. The molecule has 2 nitrogen and oxygen atoms in total. The Kier molecular flexibility index (Phi) is 13.4. The van der Waals surface area contributed by atoms with Gasteiger partial charge in [-0.3, -0.25) is 4.79 Å². The first-order valence-corrected chi connectivity index (χ1v) is 10.3. The number of rotatable bonds is 14. The molecule has 0 aromatic carbocycles. The van der Waals surface area contributed by atoms with Gasteiger partial charge in [0.05, 0.1) is 6.61 Å². The molecule has 1 aliphatic rings. The van der Waals surface area contributed by atoms with Crippen molar-refractivity contribution in [3.63, 3.8) is 0 Å². The maximum Gasteiger partial charge on any atom is 0.305 e. The fourth-order valence-electron chi connectivity index (χ4n) is 3.57. The van der Waals surface area contributed by atoms with E-state index < -0.39 is 0 Å². The van der Waals surface area contributed by atoms with Crippen molar-refractivity contribution in [1.82, 2.24) is 0 Å². The Bertz CT molecular complexity index is 269. The van der Waals surface area contributed by atoms with Gasteiger partial charge < -0.3 is 4.74 Å². The molecule has 1 aliphatic carbocycles. The number of esters is 1. The van der Waals surface area contributed by atoms with Gasteiger partial charge in [0.25, 0.3) is 0 Å². The zero-order valence-electron chi connectivity index (χ0n) is 15.3. The normalized spacial score (nSPS) is 15.7. The Labute approximate surface area is 144 Å². The van der Waals surface area contributed by atoms with Crippen LogP contribution in [0.3, 0.4) is 0 Å². The molecule has 0 aliphatic heterocycles. The first-order chi connectivity index (χ1) is 11.3. The lowest BCUT2D eigenvalue weighted by molar-refractivity contribution is -0.144. The van der Waals surface area contributed by atoms with Crippen molar-refractivity contribution in [3.8, 4) is 0 Å². The summed E-state index contributed by atoms with van der Waals surface area (Å²) in [6.45, 7) is 4.52. The molecule has 0 spiro atoms. The van der Waals surface area contributed by atoms with Crippen LogP contribution in [0.2, 0.25) is 0 Å². The minimum absolute atomic E-state index is 0.0222. The van der Waals surface area contributed by atoms with Crippen LogP contribution in [-0.2, 0) is 9.53 Å². The lowest BCUT2D eigenvalue weighted by atomic mass is 9.87. The van der Waals surface area contributed by atoms with Gasteiger partial charge in [-0.1, -0.05) is 96.8 Å². The fourth-order valence-corrected chi connectivity index (χ4v) is 3.57. The van der Waals surface area contributed by atoms with Crippen molar-refractivity contribution in [2.45, 2.75) is 109 Å². The quantitative estimate of drug-likeness (QED) is 0.265. The van der Waals surface area contributed by atoms with Crippen LogP contribution >= 0.6 is 0 Å². The number of carbonyl (C=O) groups excluding carboxylic acids is 1. The summed E-state index contributed by atoms with van der Waals surface area (Å²) in [4.78, 5) is 11.7. The molecular formula is C21H39O2. The lowest BCUT2D eigenvalue weighted by Gasteiger charge is -2.21. The Morgan fingerprint density at radius 2 is 1.39 bits per heavy atom. The summed E-state index contributed by atoms with van der Waals surface area (Å²) in [5, 5.41) is 0. The molecule has 0 amide bonds. The van der Waals surface area contributed by atoms with Crippen LogP contribution in [0.25, 0.3) is 0 Å². The van der Waals surface area contributed by atoms with Crippen LogP contribution in [0.1, 0.15) is 109 Å². The van der Waals surface area contributed by atoms with Crippen molar-refractivity contribution in [1.29, 1.82) is 0 Å². The van der Waals surface area contributed by atoms with Gasteiger partial charge in [-0.15, -0.1) is 0 Å². The van der Waals surface area contributed by atoms with Crippen molar-refractivity contribution in [3.05, 3.63) is 6.92 Å². The Hall–Kier alpha value is -0.530. The highest BCUT2D eigenvalue weighted by Crippen LogP contribution is 2.26. The molecule has 0 bridgehead atoms. The largest absolute Gasteiger partial charge is 0.466 e. The fraction of sp³-hybridized carbons (Fsp3) is 0.905. The van der Waals surface area contributed by atoms with E-state index in [0.29, 0.717) is 13.0 Å². The van der Waals surface area contributed by atoms with Crippen LogP contribution in [0.4, 0.5) is 0 Å². The van der Waals surface area contributed by atoms with E-state index in [-0.39, 0.29) is 5.97 Å². The van der Waals surface area contributed by atoms with Crippen molar-refractivity contribution >= 4 is 5.97 Å². The van der Waals surface area contributed by atoms with E-state index in [1.165, 1.54) is 83.5 Å². The summed E-state index contributed by atoms with van der Waals surface area (Å²) in [5.74, 6) is 0.833. The summed E-state index contributed by atoms with van der Waals surface area (Å²) >= 11 is 0. The minimum atomic E-state index is 0.0222. The molecule has 1 saturated carbocycles. The predicted octanol–water partition coefficient (Wildman–Crippen LogP) is 6.63. The zero-order chi connectivity index (χ0) is 16.6. The third kappa shape index (κ3) is 12.5. The summed E-state index contributed by atoms with van der Waals surface area (Å²) in [5.41, 5.74) is 0. The summed E-state index contributed by atoms with van der Waals surface area (Å²) in [6, 6.07) is 0. The molecular weight excluding hydrogens is 284 g/mol. The van der Waals surface area contributed by atoms with Crippen molar-refractivity contribution < 1.29 is 9.53 Å². The second-order valence-electron chi connectivity index (χ2n) is 7.30. The van der Waals surface area contributed by atoms with Crippen LogP contribution in [0.5, 0.6) is 0 Å². The minimum Gasteiger partial charge on any atom is -0.466 e. The smallest absolute Gasteiger partial charge is 0.305 e. The van der Waals surface area contributed by atoms with E-state index in [1.54, 1.807) is 0 Å². The third-order valence-corrected chi connectivity index (χ3v) is 5.14. The second kappa shape index (κ2) is 15.0. The molecule has 1 rings (SSSR count). The van der Waals surface area contributed by atoms with E-state index in [4.69, 9.17) is 4.74 Å². The highest BCUT2D eigenvalue weighted by molar-refractivity contribution is 5.69. The van der Waals surface area contributed by atoms with Gasteiger partial charge in [-0.2, -0.15) is 0 Å². The Morgan fingerprint density at radius 3 is 2.00 bits per heavy atom. The summed E-state index contributed by atoms with van der Waals surface area (Å²) in [6.07, 6.45) is 21.1. The second-order valence-corrected chi connectivity index (χ2v) is 7.30. The van der Waals surface area contributed by atoms with E-state index in [0.717, 1.165) is 25.2 Å². The van der Waals surface area contributed by atoms with E-state index in [1.807, 2.05) is 0 Å². The maximum absolute atomic E-state index is 11.7. The highest BCUT2D eigenvalue weighted by Gasteiger charge is 2.13. The van der Waals surface area contributed by atoms with Crippen molar-refractivity contribution in [2.75, 3.05) is 6.61 Å². The molecule has 1 fully saturated rings. The van der Waals surface area contributed by atoms with Gasteiger partial charge in [0.2, 0.25) is 0 Å². The third-order valence-electron chi connectivity index (χ3n) is 5.14. The standard InChI is InChI=1S/C21H39O2/c1-2-3-4-5-6-7-8-9-10-14-17-21(22)23-19-18-20-15-12-11-13-16-20/h20H,1-19H2. The van der Waals surface area contributed by atoms with Gasteiger partial charge in [0, 0.05) is 6.42 Å². The van der Waals surface area contributed by atoms with Gasteiger partial charge >= 0.3 is 5.97 Å². The molecule has 2 heteroatoms. The average Bonchev–Trinajstić information content (AvgIpc) is 2.57. The van der Waals surface area contributed by atoms with Gasteiger partial charge in [-0.25, -0.2) is 0 Å². The highest BCUT2D eigenvalue weighted by atomic mass is 16.5. The Morgan fingerprint density at radius 1 is 0.826 bits per heavy atom. The SMILES string of the molecule is [CH2]CCCCCCCCCCCC(=O)OCCC1CCCCC1. The maximum atomic E-state index is 11.7. The molecule has 0 aromatic rings. The molecule has 0 unspecified atom stereocenters. The van der Waals surface area contributed by atoms with E-state index in [9.17, 15) is 4.79 Å². The molecule has 135 valence electrons. The molecule has 0 N–H and O–H groups in total. The lowest BCUT2D eigenvalue weighted by Crippen LogP contribution is -2.12. The molecule has 23 heavy (non-hydrogen) atoms. The van der Waals surface area contributed by atoms with Gasteiger partial charge in [-0.05, 0) is 18.8 Å². The number of ether oxygens (including phenoxy) is 1. The number of unbranched alkanes of at least 4 members (excludes halogenated alkanes) is 9. The monoisotopic (exact) mass is 323 g/mol. The molecule has 0 saturated heterocycles. The molecule has 0 aromatic heterocycles. The number of hydrogen-bond acceptors (Lipinski definition) is 2. The average molecular weight is 324 g/mol. The molecule has 0 atom stereocenters. The molecule has 0 heterocycles. The van der Waals surface area contributed by atoms with Crippen LogP contribution in [0, 0.1) is 12.8 Å². The van der Waals surface area contributed by atoms with Gasteiger partial charge in [0.15, 0.2) is 0 Å². The van der Waals surface area contributed by atoms with E-state index >= 15 is 0 Å². The van der Waals surface area contributed by atoms with Crippen LogP contribution in [0.15, 0.2) is 0 Å². The first kappa shape index (κ1) is 20.5. The topological polar surface area (TPSA) is 26.3 Å². The number of carbonyl (C=O) groups is 1. The van der Waals surface area contributed by atoms with Crippen molar-refractivity contribution in [2.24, 2.45) is 5.92 Å². The van der Waals surface area contributed by atoms with Crippen LogP contribution in [-0.4, -0.2) is 12.6 Å². The Balaban J connectivity index is 1.79. The predicted molar refractivity (Wildman–Crippen MR) is 98.3 cm³/mol. The summed E-state index contributed by atoms with van der Waals surface area (Å²) in [7, 11) is 0. The number of hydrogen-bond donors (Lipinski definition) is 0.